The largest absolute Gasteiger partial charge is 0.456 e. The Balaban J connectivity index is 1.46. The van der Waals surface area contributed by atoms with Crippen LogP contribution in [-0.4, -0.2) is 19.9 Å². The Bertz CT molecular complexity index is 1590. The minimum absolute atomic E-state index is 0.645. The summed E-state index contributed by atoms with van der Waals surface area (Å²) in [5.74, 6) is 1.97. The molecule has 6 aromatic rings. The summed E-state index contributed by atoms with van der Waals surface area (Å²) in [6, 6.07) is 26.3. The minimum Gasteiger partial charge on any atom is -0.456 e. The molecule has 3 heterocycles. The summed E-state index contributed by atoms with van der Waals surface area (Å²) < 4.78 is 5.96. The maximum atomic E-state index is 5.96. The number of furan rings is 1. The van der Waals surface area contributed by atoms with Crippen LogP contribution in [0, 0.1) is 6.92 Å². The molecule has 152 valence electrons. The summed E-state index contributed by atoms with van der Waals surface area (Å²) in [6.07, 6.45) is 3.63. The van der Waals surface area contributed by atoms with Gasteiger partial charge in [0, 0.05) is 39.9 Å². The predicted octanol–water partition coefficient (Wildman–Crippen LogP) is 6.48. The lowest BCUT2D eigenvalue weighted by Crippen LogP contribution is -1.99. The third-order valence-electron chi connectivity index (χ3n) is 5.50. The number of fused-ring (bicyclic) bond motifs is 3. The van der Waals surface area contributed by atoms with Crippen molar-refractivity contribution in [3.05, 3.63) is 97.1 Å². The molecular weight excluding hydrogens is 396 g/mol. The SMILES string of the molecule is Cc1nc(-c2cccc(-c3cccnc3)c2)nc(-c2ccc3oc4ccccc4c3c2)n1. The predicted molar refractivity (Wildman–Crippen MR) is 126 cm³/mol. The average Bonchev–Trinajstić information content (AvgIpc) is 3.22. The summed E-state index contributed by atoms with van der Waals surface area (Å²) in [4.78, 5) is 18.3. The molecule has 0 spiro atoms. The van der Waals surface area contributed by atoms with Gasteiger partial charge in [-0.2, -0.15) is 0 Å². The van der Waals surface area contributed by atoms with E-state index < -0.39 is 0 Å². The molecule has 0 aliphatic heterocycles. The molecule has 0 saturated heterocycles. The number of nitrogens with zero attached hydrogens (tertiary/aromatic N) is 4. The van der Waals surface area contributed by atoms with Crippen LogP contribution < -0.4 is 0 Å². The molecule has 0 N–H and O–H groups in total. The van der Waals surface area contributed by atoms with Crippen LogP contribution in [0.2, 0.25) is 0 Å². The molecule has 3 aromatic heterocycles. The van der Waals surface area contributed by atoms with E-state index >= 15 is 0 Å². The highest BCUT2D eigenvalue weighted by molar-refractivity contribution is 6.06. The van der Waals surface area contributed by atoms with Crippen LogP contribution in [0.15, 0.2) is 95.7 Å². The number of pyridine rings is 1. The highest BCUT2D eigenvalue weighted by Gasteiger charge is 2.12. The molecule has 0 aliphatic carbocycles. The van der Waals surface area contributed by atoms with E-state index in [1.165, 1.54) is 0 Å². The van der Waals surface area contributed by atoms with Crippen LogP contribution in [0.5, 0.6) is 0 Å². The normalized spacial score (nSPS) is 11.3. The molecule has 5 nitrogen and oxygen atoms in total. The van der Waals surface area contributed by atoms with Gasteiger partial charge in [0.1, 0.15) is 17.0 Å². The molecule has 5 heteroatoms. The van der Waals surface area contributed by atoms with Crippen molar-refractivity contribution in [2.75, 3.05) is 0 Å². The Morgan fingerprint density at radius 1 is 0.594 bits per heavy atom. The quantitative estimate of drug-likeness (QED) is 0.332. The van der Waals surface area contributed by atoms with E-state index in [-0.39, 0.29) is 0 Å². The molecule has 0 fully saturated rings. The van der Waals surface area contributed by atoms with E-state index in [2.05, 4.69) is 39.2 Å². The van der Waals surface area contributed by atoms with Gasteiger partial charge in [0.15, 0.2) is 11.6 Å². The van der Waals surface area contributed by atoms with Gasteiger partial charge in [0.05, 0.1) is 0 Å². The lowest BCUT2D eigenvalue weighted by Gasteiger charge is -2.08. The Morgan fingerprint density at radius 3 is 2.19 bits per heavy atom. The van der Waals surface area contributed by atoms with Crippen LogP contribution in [0.1, 0.15) is 5.82 Å². The fourth-order valence-corrected chi connectivity index (χ4v) is 3.98. The second-order valence-electron chi connectivity index (χ2n) is 7.66. The van der Waals surface area contributed by atoms with Crippen LogP contribution in [0.3, 0.4) is 0 Å². The lowest BCUT2D eigenvalue weighted by molar-refractivity contribution is 0.669. The highest BCUT2D eigenvalue weighted by Crippen LogP contribution is 2.32. The van der Waals surface area contributed by atoms with Gasteiger partial charge >= 0.3 is 0 Å². The molecule has 0 radical (unpaired) electrons. The number of para-hydroxylation sites is 1. The molecule has 6 rings (SSSR count). The number of aromatic nitrogens is 4. The molecule has 3 aromatic carbocycles. The van der Waals surface area contributed by atoms with E-state index in [9.17, 15) is 0 Å². The number of benzene rings is 3. The highest BCUT2D eigenvalue weighted by atomic mass is 16.3. The molecule has 0 saturated carbocycles. The van der Waals surface area contributed by atoms with Gasteiger partial charge in [0.2, 0.25) is 0 Å². The monoisotopic (exact) mass is 414 g/mol. The van der Waals surface area contributed by atoms with Gasteiger partial charge in [-0.25, -0.2) is 15.0 Å². The number of aryl methyl sites for hydroxylation is 1. The van der Waals surface area contributed by atoms with Crippen molar-refractivity contribution in [3.8, 4) is 33.9 Å². The van der Waals surface area contributed by atoms with E-state index in [4.69, 9.17) is 9.40 Å². The Hall–Kier alpha value is -4.38. The zero-order chi connectivity index (χ0) is 21.5. The Labute approximate surface area is 184 Å². The second kappa shape index (κ2) is 7.39. The third-order valence-corrected chi connectivity index (χ3v) is 5.50. The van der Waals surface area contributed by atoms with Crippen molar-refractivity contribution in [2.45, 2.75) is 6.92 Å². The smallest absolute Gasteiger partial charge is 0.163 e. The van der Waals surface area contributed by atoms with Crippen molar-refractivity contribution in [1.82, 2.24) is 19.9 Å². The first-order valence-electron chi connectivity index (χ1n) is 10.4. The second-order valence-corrected chi connectivity index (χ2v) is 7.66. The van der Waals surface area contributed by atoms with Gasteiger partial charge in [0.25, 0.3) is 0 Å². The molecule has 32 heavy (non-hydrogen) atoms. The molecule has 0 atom stereocenters. The van der Waals surface area contributed by atoms with Crippen molar-refractivity contribution in [1.29, 1.82) is 0 Å². The molecular formula is C27H18N4O. The third kappa shape index (κ3) is 3.20. The summed E-state index contributed by atoms with van der Waals surface area (Å²) in [5.41, 5.74) is 5.72. The van der Waals surface area contributed by atoms with E-state index in [0.29, 0.717) is 17.5 Å². The molecule has 0 aliphatic rings. The topological polar surface area (TPSA) is 64.7 Å². The van der Waals surface area contributed by atoms with Gasteiger partial charge in [-0.15, -0.1) is 0 Å². The average molecular weight is 414 g/mol. The minimum atomic E-state index is 0.645. The summed E-state index contributed by atoms with van der Waals surface area (Å²) in [7, 11) is 0. The maximum absolute atomic E-state index is 5.96. The zero-order valence-electron chi connectivity index (χ0n) is 17.4. The van der Waals surface area contributed by atoms with Crippen molar-refractivity contribution >= 4 is 21.9 Å². The van der Waals surface area contributed by atoms with E-state index in [1.54, 1.807) is 6.20 Å². The first kappa shape index (κ1) is 18.4. The number of rotatable bonds is 3. The first-order valence-corrected chi connectivity index (χ1v) is 10.4. The van der Waals surface area contributed by atoms with Gasteiger partial charge in [-0.1, -0.05) is 42.5 Å². The van der Waals surface area contributed by atoms with Crippen molar-refractivity contribution < 1.29 is 4.42 Å². The van der Waals surface area contributed by atoms with Crippen molar-refractivity contribution in [2.24, 2.45) is 0 Å². The fourth-order valence-electron chi connectivity index (χ4n) is 3.98. The first-order chi connectivity index (χ1) is 15.7. The van der Waals surface area contributed by atoms with E-state index in [0.717, 1.165) is 44.2 Å². The van der Waals surface area contributed by atoms with Gasteiger partial charge in [-0.05, 0) is 48.9 Å². The fraction of sp³-hybridized carbons (Fsp3) is 0.0370. The lowest BCUT2D eigenvalue weighted by atomic mass is 10.0. The van der Waals surface area contributed by atoms with Crippen LogP contribution in [0.25, 0.3) is 55.8 Å². The summed E-state index contributed by atoms with van der Waals surface area (Å²) in [6.45, 7) is 1.89. The molecule has 0 unspecified atom stereocenters. The van der Waals surface area contributed by atoms with Crippen LogP contribution in [-0.2, 0) is 0 Å². The summed E-state index contributed by atoms with van der Waals surface area (Å²) in [5, 5.41) is 2.14. The number of hydrogen-bond donors (Lipinski definition) is 0. The maximum Gasteiger partial charge on any atom is 0.163 e. The standard InChI is InChI=1S/C27H18N4O/c1-17-29-26(19-7-4-6-18(14-19)21-8-5-13-28-16-21)31-27(30-17)20-11-12-25-23(15-20)22-9-2-3-10-24(22)32-25/h2-16H,1H3. The molecule has 0 amide bonds. The Kier molecular flexibility index (Phi) is 4.25. The van der Waals surface area contributed by atoms with Crippen molar-refractivity contribution in [3.63, 3.8) is 0 Å². The molecule has 0 bridgehead atoms. The van der Waals surface area contributed by atoms with Gasteiger partial charge < -0.3 is 4.42 Å². The van der Waals surface area contributed by atoms with E-state index in [1.807, 2.05) is 67.7 Å². The van der Waals surface area contributed by atoms with Crippen LogP contribution in [0.4, 0.5) is 0 Å². The number of hydrogen-bond acceptors (Lipinski definition) is 5. The van der Waals surface area contributed by atoms with Gasteiger partial charge in [-0.3, -0.25) is 4.98 Å². The summed E-state index contributed by atoms with van der Waals surface area (Å²) >= 11 is 0. The zero-order valence-corrected chi connectivity index (χ0v) is 17.4. The Morgan fingerprint density at radius 2 is 1.34 bits per heavy atom. The van der Waals surface area contributed by atoms with Crippen LogP contribution >= 0.6 is 0 Å².